The Balaban J connectivity index is 1.44. The number of aromatic nitrogens is 4. The number of rotatable bonds is 8. The molecule has 0 spiro atoms. The van der Waals surface area contributed by atoms with Crippen LogP contribution >= 0.6 is 11.8 Å². The lowest BCUT2D eigenvalue weighted by atomic mass is 10.2. The van der Waals surface area contributed by atoms with E-state index in [2.05, 4.69) is 20.6 Å². The third-order valence-corrected chi connectivity index (χ3v) is 6.15. The van der Waals surface area contributed by atoms with Crippen LogP contribution in [0.5, 0.6) is 0 Å². The zero-order valence-corrected chi connectivity index (χ0v) is 19.6. The van der Waals surface area contributed by atoms with E-state index >= 15 is 0 Å². The molecule has 2 heterocycles. The normalized spacial score (nSPS) is 11.0. The highest BCUT2D eigenvalue weighted by Gasteiger charge is 2.18. The molecule has 4 aromatic rings. The van der Waals surface area contributed by atoms with Crippen molar-refractivity contribution in [1.82, 2.24) is 19.3 Å². The Morgan fingerprint density at radius 1 is 1.06 bits per heavy atom. The van der Waals surface area contributed by atoms with Gasteiger partial charge in [0.1, 0.15) is 11.5 Å². The summed E-state index contributed by atoms with van der Waals surface area (Å²) in [6.07, 6.45) is 0.233. The summed E-state index contributed by atoms with van der Waals surface area (Å²) in [5.74, 6) is 1.06. The number of hydrogen-bond acceptors (Lipinski definition) is 6. The molecule has 0 aliphatic rings. The number of nitrogens with one attached hydrogen (secondary N) is 2. The van der Waals surface area contributed by atoms with Crippen LogP contribution in [0.25, 0.3) is 16.6 Å². The minimum atomic E-state index is -0.254. The van der Waals surface area contributed by atoms with Gasteiger partial charge < -0.3 is 10.6 Å². The zero-order chi connectivity index (χ0) is 23.4. The fraction of sp³-hybridized carbons (Fsp3) is 0.250. The van der Waals surface area contributed by atoms with Crippen LogP contribution in [-0.2, 0) is 11.8 Å². The Morgan fingerprint density at radius 2 is 1.79 bits per heavy atom. The van der Waals surface area contributed by atoms with E-state index in [1.54, 1.807) is 16.4 Å². The maximum absolute atomic E-state index is 13.0. The van der Waals surface area contributed by atoms with Gasteiger partial charge in [-0.25, -0.2) is 14.6 Å². The Bertz CT molecular complexity index is 1350. The molecule has 4 rings (SSSR count). The van der Waals surface area contributed by atoms with Crippen LogP contribution in [0.3, 0.4) is 0 Å². The highest BCUT2D eigenvalue weighted by Crippen LogP contribution is 2.24. The Kier molecular flexibility index (Phi) is 6.79. The van der Waals surface area contributed by atoms with Gasteiger partial charge in [-0.05, 0) is 38.1 Å². The van der Waals surface area contributed by atoms with E-state index in [1.165, 1.54) is 11.8 Å². The second kappa shape index (κ2) is 9.91. The van der Waals surface area contributed by atoms with Gasteiger partial charge in [0.05, 0.1) is 16.9 Å². The molecule has 2 N–H and O–H groups in total. The van der Waals surface area contributed by atoms with Crippen LogP contribution in [0.2, 0.25) is 0 Å². The van der Waals surface area contributed by atoms with E-state index in [-0.39, 0.29) is 17.9 Å². The summed E-state index contributed by atoms with van der Waals surface area (Å²) in [5.41, 5.74) is 2.34. The molecule has 0 aliphatic heterocycles. The molecular formula is C24H26N6O2S. The maximum Gasteiger partial charge on any atom is 0.295 e. The molecule has 33 heavy (non-hydrogen) atoms. The van der Waals surface area contributed by atoms with Crippen LogP contribution in [-0.4, -0.2) is 37.5 Å². The number of nitrogens with zero attached hydrogens (tertiary/aromatic N) is 4. The number of amides is 1. The van der Waals surface area contributed by atoms with E-state index in [4.69, 9.17) is 0 Å². The minimum absolute atomic E-state index is 0.221. The van der Waals surface area contributed by atoms with Crippen LogP contribution in [0.4, 0.5) is 11.5 Å². The maximum atomic E-state index is 13.0. The molecule has 2 aromatic heterocycles. The molecule has 0 saturated carbocycles. The molecule has 170 valence electrons. The largest absolute Gasteiger partial charge is 0.370 e. The smallest absolute Gasteiger partial charge is 0.295 e. The molecule has 0 aliphatic carbocycles. The number of thioether (sulfide) groups is 1. The first-order valence-corrected chi connectivity index (χ1v) is 11.8. The lowest BCUT2D eigenvalue weighted by Gasteiger charge is -2.09. The van der Waals surface area contributed by atoms with Crippen molar-refractivity contribution >= 4 is 40.1 Å². The molecule has 0 fully saturated rings. The lowest BCUT2D eigenvalue weighted by Crippen LogP contribution is -2.23. The second-order valence-corrected chi connectivity index (χ2v) is 8.55. The van der Waals surface area contributed by atoms with Gasteiger partial charge in [-0.3, -0.25) is 14.3 Å². The standard InChI is InChI=1S/C24H26N6O2S/c1-4-25-22-18-12-8-9-13-19(18)26-24(28-22)33-15-14-20(31)27-21-16(2)29(3)30(23(21)32)17-10-6-5-7-11-17/h5-13H,4,14-15H2,1-3H3,(H,27,31)(H,25,26,28). The summed E-state index contributed by atoms with van der Waals surface area (Å²) in [6, 6.07) is 17.2. The number of anilines is 2. The van der Waals surface area contributed by atoms with Gasteiger partial charge in [0.2, 0.25) is 5.91 Å². The third kappa shape index (κ3) is 4.78. The van der Waals surface area contributed by atoms with Crippen LogP contribution in [0, 0.1) is 6.92 Å². The molecule has 9 heteroatoms. The number of benzene rings is 2. The number of carbonyl (C=O) groups is 1. The van der Waals surface area contributed by atoms with Gasteiger partial charge >= 0.3 is 0 Å². The summed E-state index contributed by atoms with van der Waals surface area (Å²) in [7, 11) is 1.80. The molecule has 2 aromatic carbocycles. The summed E-state index contributed by atoms with van der Waals surface area (Å²) in [6.45, 7) is 4.59. The van der Waals surface area contributed by atoms with Gasteiger partial charge in [0.25, 0.3) is 5.56 Å². The predicted molar refractivity (Wildman–Crippen MR) is 133 cm³/mol. The average Bonchev–Trinajstić information content (AvgIpc) is 3.03. The Labute approximate surface area is 196 Å². The third-order valence-electron chi connectivity index (χ3n) is 5.31. The molecule has 0 bridgehead atoms. The van der Waals surface area contributed by atoms with Crippen LogP contribution in [0.15, 0.2) is 64.5 Å². The quantitative estimate of drug-likeness (QED) is 0.304. The van der Waals surface area contributed by atoms with Crippen molar-refractivity contribution in [1.29, 1.82) is 0 Å². The van der Waals surface area contributed by atoms with Gasteiger partial charge in [0.15, 0.2) is 5.16 Å². The van der Waals surface area contributed by atoms with E-state index in [1.807, 2.05) is 68.4 Å². The first-order chi connectivity index (χ1) is 16.0. The second-order valence-electron chi connectivity index (χ2n) is 7.49. The fourth-order valence-electron chi connectivity index (χ4n) is 3.57. The summed E-state index contributed by atoms with van der Waals surface area (Å²) < 4.78 is 3.29. The van der Waals surface area contributed by atoms with Crippen molar-refractivity contribution in [3.05, 3.63) is 70.6 Å². The molecule has 0 saturated heterocycles. The Hall–Kier alpha value is -3.59. The van der Waals surface area contributed by atoms with E-state index in [0.29, 0.717) is 22.3 Å². The van der Waals surface area contributed by atoms with Crippen molar-refractivity contribution in [3.8, 4) is 5.69 Å². The summed E-state index contributed by atoms with van der Waals surface area (Å²) in [4.78, 5) is 34.8. The SMILES string of the molecule is CCNc1nc(SCCC(=O)Nc2c(C)n(C)n(-c3ccccc3)c2=O)nc2ccccc12. The van der Waals surface area contributed by atoms with Crippen molar-refractivity contribution in [2.75, 3.05) is 22.9 Å². The molecule has 8 nitrogen and oxygen atoms in total. The molecule has 1 amide bonds. The van der Waals surface area contributed by atoms with Gasteiger partial charge in [-0.1, -0.05) is 42.1 Å². The fourth-order valence-corrected chi connectivity index (χ4v) is 4.36. The van der Waals surface area contributed by atoms with Gasteiger partial charge in [0, 0.05) is 31.2 Å². The van der Waals surface area contributed by atoms with Crippen molar-refractivity contribution in [2.45, 2.75) is 25.4 Å². The van der Waals surface area contributed by atoms with Crippen LogP contribution < -0.4 is 16.2 Å². The average molecular weight is 463 g/mol. The first kappa shape index (κ1) is 22.6. The van der Waals surface area contributed by atoms with E-state index < -0.39 is 0 Å². The number of fused-ring (bicyclic) bond motifs is 1. The van der Waals surface area contributed by atoms with Crippen molar-refractivity contribution in [3.63, 3.8) is 0 Å². The molecule has 0 radical (unpaired) electrons. The number of carbonyl (C=O) groups excluding carboxylic acids is 1. The lowest BCUT2D eigenvalue weighted by molar-refractivity contribution is -0.115. The first-order valence-electron chi connectivity index (χ1n) is 10.8. The van der Waals surface area contributed by atoms with E-state index in [9.17, 15) is 9.59 Å². The van der Waals surface area contributed by atoms with Crippen molar-refractivity contribution < 1.29 is 4.79 Å². The number of para-hydroxylation sites is 2. The summed E-state index contributed by atoms with van der Waals surface area (Å²) >= 11 is 1.42. The molecular weight excluding hydrogens is 436 g/mol. The molecule has 0 unspecified atom stereocenters. The monoisotopic (exact) mass is 462 g/mol. The predicted octanol–water partition coefficient (Wildman–Crippen LogP) is 3.98. The highest BCUT2D eigenvalue weighted by molar-refractivity contribution is 7.99. The van der Waals surface area contributed by atoms with Crippen LogP contribution in [0.1, 0.15) is 19.0 Å². The molecule has 0 atom stereocenters. The van der Waals surface area contributed by atoms with Gasteiger partial charge in [-0.2, -0.15) is 0 Å². The number of hydrogen-bond donors (Lipinski definition) is 2. The van der Waals surface area contributed by atoms with Gasteiger partial charge in [-0.15, -0.1) is 0 Å². The zero-order valence-electron chi connectivity index (χ0n) is 18.8. The highest BCUT2D eigenvalue weighted by atomic mass is 32.2. The Morgan fingerprint density at radius 3 is 2.55 bits per heavy atom. The topological polar surface area (TPSA) is 93.8 Å². The van der Waals surface area contributed by atoms with Crippen molar-refractivity contribution in [2.24, 2.45) is 7.05 Å². The summed E-state index contributed by atoms with van der Waals surface area (Å²) in [5, 5.41) is 7.65. The van der Waals surface area contributed by atoms with E-state index in [0.717, 1.165) is 29.0 Å². The minimum Gasteiger partial charge on any atom is -0.370 e.